The molecule has 0 heterocycles. The Morgan fingerprint density at radius 2 is 2.00 bits per heavy atom. The molecule has 1 N–H and O–H groups in total. The third kappa shape index (κ3) is 4.90. The van der Waals surface area contributed by atoms with Gasteiger partial charge in [-0.25, -0.2) is 0 Å². The molecule has 2 nitrogen and oxygen atoms in total. The van der Waals surface area contributed by atoms with Gasteiger partial charge in [-0.2, -0.15) is 0 Å². The topological polar surface area (TPSA) is 29.1 Å². The Labute approximate surface area is 101 Å². The Bertz CT molecular complexity index is 313. The van der Waals surface area contributed by atoms with Crippen LogP contribution in [0.4, 0.5) is 0 Å². The molecule has 0 saturated carbocycles. The number of nitrogens with one attached hydrogen (secondary N) is 1. The molecule has 0 amide bonds. The molecule has 0 fully saturated rings. The Morgan fingerprint density at radius 3 is 2.62 bits per heavy atom. The van der Waals surface area contributed by atoms with Gasteiger partial charge in [0.2, 0.25) is 0 Å². The standard InChI is InChI=1S/C13H21NOS/c1-3-7-12(2)14-10-11-16(15)13-8-5-4-6-9-13/h4-6,8-9,12,14H,3,7,10-11H2,1-2H3. The minimum Gasteiger partial charge on any atom is -0.313 e. The van der Waals surface area contributed by atoms with Gasteiger partial charge < -0.3 is 5.32 Å². The van der Waals surface area contributed by atoms with Crippen LogP contribution in [0.15, 0.2) is 35.2 Å². The lowest BCUT2D eigenvalue weighted by molar-refractivity contribution is 0.525. The lowest BCUT2D eigenvalue weighted by Gasteiger charge is -2.12. The maximum absolute atomic E-state index is 11.9. The predicted octanol–water partition coefficient (Wildman–Crippen LogP) is 2.57. The molecule has 3 heteroatoms. The molecule has 2 atom stereocenters. The average Bonchev–Trinajstić information content (AvgIpc) is 2.30. The first kappa shape index (κ1) is 13.4. The zero-order valence-corrected chi connectivity index (χ0v) is 10.9. The van der Waals surface area contributed by atoms with E-state index in [1.54, 1.807) is 0 Å². The highest BCUT2D eigenvalue weighted by Gasteiger charge is 2.04. The first-order chi connectivity index (χ1) is 7.74. The van der Waals surface area contributed by atoms with Crippen molar-refractivity contribution in [2.24, 2.45) is 0 Å². The molecular weight excluding hydrogens is 218 g/mol. The van der Waals surface area contributed by atoms with Crippen LogP contribution in [-0.4, -0.2) is 22.5 Å². The predicted molar refractivity (Wildman–Crippen MR) is 70.1 cm³/mol. The summed E-state index contributed by atoms with van der Waals surface area (Å²) in [5.74, 6) is 0.693. The maximum atomic E-state index is 11.9. The molecule has 0 spiro atoms. The van der Waals surface area contributed by atoms with Crippen LogP contribution in [0.2, 0.25) is 0 Å². The summed E-state index contributed by atoms with van der Waals surface area (Å²) in [4.78, 5) is 0.924. The van der Waals surface area contributed by atoms with E-state index in [9.17, 15) is 4.21 Å². The Kier molecular flexibility index (Phi) is 6.34. The van der Waals surface area contributed by atoms with Crippen molar-refractivity contribution in [2.75, 3.05) is 12.3 Å². The fraction of sp³-hybridized carbons (Fsp3) is 0.538. The molecule has 0 saturated heterocycles. The van der Waals surface area contributed by atoms with Crippen molar-refractivity contribution in [2.45, 2.75) is 37.6 Å². The summed E-state index contributed by atoms with van der Waals surface area (Å²) in [6.45, 7) is 5.18. The highest BCUT2D eigenvalue weighted by atomic mass is 32.2. The van der Waals surface area contributed by atoms with Crippen LogP contribution >= 0.6 is 0 Å². The zero-order valence-electron chi connectivity index (χ0n) is 10.1. The van der Waals surface area contributed by atoms with Crippen molar-refractivity contribution in [3.63, 3.8) is 0 Å². The first-order valence-electron chi connectivity index (χ1n) is 5.91. The molecule has 0 aliphatic carbocycles. The smallest absolute Gasteiger partial charge is 0.0542 e. The van der Waals surface area contributed by atoms with Crippen molar-refractivity contribution in [3.05, 3.63) is 30.3 Å². The van der Waals surface area contributed by atoms with Crippen molar-refractivity contribution in [1.29, 1.82) is 0 Å². The molecule has 0 bridgehead atoms. The second-order valence-electron chi connectivity index (χ2n) is 4.01. The van der Waals surface area contributed by atoms with Gasteiger partial charge in [-0.05, 0) is 25.5 Å². The van der Waals surface area contributed by atoms with Gasteiger partial charge in [0.15, 0.2) is 0 Å². The molecule has 1 rings (SSSR count). The molecule has 1 aromatic rings. The van der Waals surface area contributed by atoms with E-state index in [-0.39, 0.29) is 0 Å². The number of rotatable bonds is 7. The molecule has 0 aliphatic rings. The van der Waals surface area contributed by atoms with Crippen molar-refractivity contribution >= 4 is 10.8 Å². The van der Waals surface area contributed by atoms with Gasteiger partial charge in [-0.1, -0.05) is 31.5 Å². The SMILES string of the molecule is CCCC(C)NCCS(=O)c1ccccc1. The van der Waals surface area contributed by atoms with Gasteiger partial charge in [0.1, 0.15) is 0 Å². The third-order valence-electron chi connectivity index (χ3n) is 2.51. The lowest BCUT2D eigenvalue weighted by Crippen LogP contribution is -2.29. The molecule has 16 heavy (non-hydrogen) atoms. The van der Waals surface area contributed by atoms with E-state index in [4.69, 9.17) is 0 Å². The van der Waals surface area contributed by atoms with Crippen molar-refractivity contribution in [3.8, 4) is 0 Å². The van der Waals surface area contributed by atoms with Crippen molar-refractivity contribution < 1.29 is 4.21 Å². The summed E-state index contributed by atoms with van der Waals surface area (Å²) >= 11 is 0. The first-order valence-corrected chi connectivity index (χ1v) is 7.22. The van der Waals surface area contributed by atoms with E-state index in [0.717, 1.165) is 11.4 Å². The van der Waals surface area contributed by atoms with E-state index < -0.39 is 10.8 Å². The monoisotopic (exact) mass is 239 g/mol. The van der Waals surface area contributed by atoms with E-state index in [1.165, 1.54) is 12.8 Å². The summed E-state index contributed by atoms with van der Waals surface area (Å²) in [5, 5.41) is 3.39. The van der Waals surface area contributed by atoms with Gasteiger partial charge in [0.25, 0.3) is 0 Å². The van der Waals surface area contributed by atoms with Gasteiger partial charge >= 0.3 is 0 Å². The quantitative estimate of drug-likeness (QED) is 0.792. The van der Waals surface area contributed by atoms with Crippen LogP contribution in [-0.2, 0) is 10.8 Å². The molecule has 0 radical (unpaired) electrons. The lowest BCUT2D eigenvalue weighted by atomic mass is 10.2. The molecule has 90 valence electrons. The van der Waals surface area contributed by atoms with E-state index >= 15 is 0 Å². The maximum Gasteiger partial charge on any atom is 0.0542 e. The average molecular weight is 239 g/mol. The van der Waals surface area contributed by atoms with Gasteiger partial charge in [-0.3, -0.25) is 4.21 Å². The molecule has 2 unspecified atom stereocenters. The highest BCUT2D eigenvalue weighted by Crippen LogP contribution is 2.04. The van der Waals surface area contributed by atoms with Crippen LogP contribution in [0, 0.1) is 0 Å². The second kappa shape index (κ2) is 7.58. The third-order valence-corrected chi connectivity index (χ3v) is 3.88. The minimum absolute atomic E-state index is 0.526. The van der Waals surface area contributed by atoms with Gasteiger partial charge in [0.05, 0.1) is 10.8 Å². The Morgan fingerprint density at radius 1 is 1.31 bits per heavy atom. The van der Waals surface area contributed by atoms with Crippen molar-refractivity contribution in [1.82, 2.24) is 5.32 Å². The van der Waals surface area contributed by atoms with Gasteiger partial charge in [0, 0.05) is 23.2 Å². The van der Waals surface area contributed by atoms with Crippen LogP contribution in [0.25, 0.3) is 0 Å². The second-order valence-corrected chi connectivity index (χ2v) is 5.58. The highest BCUT2D eigenvalue weighted by molar-refractivity contribution is 7.85. The zero-order chi connectivity index (χ0) is 11.8. The number of hydrogen-bond acceptors (Lipinski definition) is 2. The van der Waals surface area contributed by atoms with Crippen LogP contribution in [0.3, 0.4) is 0 Å². The Balaban J connectivity index is 2.26. The minimum atomic E-state index is -0.866. The summed E-state index contributed by atoms with van der Waals surface area (Å²) in [7, 11) is -0.866. The normalized spacial score (nSPS) is 14.6. The van der Waals surface area contributed by atoms with Crippen LogP contribution < -0.4 is 5.32 Å². The molecule has 0 aromatic heterocycles. The summed E-state index contributed by atoms with van der Waals surface area (Å²) < 4.78 is 11.9. The van der Waals surface area contributed by atoms with Crippen LogP contribution in [0.1, 0.15) is 26.7 Å². The molecular formula is C13H21NOS. The summed E-state index contributed by atoms with van der Waals surface area (Å²) in [6, 6.07) is 10.2. The summed E-state index contributed by atoms with van der Waals surface area (Å²) in [5.41, 5.74) is 0. The number of benzene rings is 1. The fourth-order valence-corrected chi connectivity index (χ4v) is 2.62. The largest absolute Gasteiger partial charge is 0.313 e. The fourth-order valence-electron chi connectivity index (χ4n) is 1.62. The summed E-state index contributed by atoms with van der Waals surface area (Å²) in [6.07, 6.45) is 2.37. The number of hydrogen-bond donors (Lipinski definition) is 1. The van der Waals surface area contributed by atoms with E-state index in [2.05, 4.69) is 19.2 Å². The van der Waals surface area contributed by atoms with Gasteiger partial charge in [-0.15, -0.1) is 0 Å². The van der Waals surface area contributed by atoms with Crippen LogP contribution in [0.5, 0.6) is 0 Å². The van der Waals surface area contributed by atoms with E-state index in [1.807, 2.05) is 30.3 Å². The molecule has 0 aliphatic heterocycles. The molecule has 1 aromatic carbocycles. The van der Waals surface area contributed by atoms with E-state index in [0.29, 0.717) is 11.8 Å². The Hall–Kier alpha value is -0.670.